The first-order valence-electron chi connectivity index (χ1n) is 16.8. The van der Waals surface area contributed by atoms with Gasteiger partial charge in [0, 0.05) is 57.3 Å². The van der Waals surface area contributed by atoms with Gasteiger partial charge in [-0.15, -0.1) is 5.10 Å². The van der Waals surface area contributed by atoms with Gasteiger partial charge in [0.25, 0.3) is 0 Å². The Morgan fingerprint density at radius 2 is 1.27 bits per heavy atom. The fourth-order valence-corrected chi connectivity index (χ4v) is 7.12. The number of nitrogens with zero attached hydrogens (tertiary/aromatic N) is 6. The van der Waals surface area contributed by atoms with Crippen molar-refractivity contribution in [2.75, 3.05) is 38.0 Å². The molecular formula is C42H44N6O. The molecule has 0 atom stereocenters. The third-order valence-corrected chi connectivity index (χ3v) is 10.0. The highest BCUT2D eigenvalue weighted by atomic mass is 16.5. The molecule has 3 aromatic heterocycles. The molecule has 0 saturated heterocycles. The van der Waals surface area contributed by atoms with Crippen molar-refractivity contribution in [1.29, 1.82) is 0 Å². The monoisotopic (exact) mass is 648 g/mol. The third kappa shape index (κ3) is 5.30. The van der Waals surface area contributed by atoms with Crippen LogP contribution in [0.3, 0.4) is 0 Å². The van der Waals surface area contributed by atoms with Crippen LogP contribution in [0.25, 0.3) is 44.4 Å². The van der Waals surface area contributed by atoms with E-state index in [4.69, 9.17) is 14.8 Å². The first kappa shape index (κ1) is 32.0. The molecule has 0 unspecified atom stereocenters. The molecule has 7 nitrogen and oxygen atoms in total. The van der Waals surface area contributed by atoms with Gasteiger partial charge in [-0.2, -0.15) is 0 Å². The van der Waals surface area contributed by atoms with Gasteiger partial charge >= 0.3 is 0 Å². The number of pyridine rings is 1. The van der Waals surface area contributed by atoms with Crippen LogP contribution in [0.4, 0.5) is 11.6 Å². The molecule has 0 bridgehead atoms. The summed E-state index contributed by atoms with van der Waals surface area (Å²) in [6.45, 7) is 13.2. The number of anilines is 2. The largest absolute Gasteiger partial charge is 0.457 e. The van der Waals surface area contributed by atoms with Crippen molar-refractivity contribution in [3.05, 3.63) is 118 Å². The molecule has 3 heterocycles. The van der Waals surface area contributed by atoms with Crippen molar-refractivity contribution >= 4 is 33.4 Å². The zero-order valence-corrected chi connectivity index (χ0v) is 30.2. The number of fused-ring (bicyclic) bond motifs is 3. The van der Waals surface area contributed by atoms with Crippen LogP contribution < -0.4 is 14.5 Å². The average Bonchev–Trinajstić information content (AvgIpc) is 3.64. The summed E-state index contributed by atoms with van der Waals surface area (Å²) in [5.74, 6) is 4.31. The highest BCUT2D eigenvalue weighted by Crippen LogP contribution is 2.45. The molecule has 4 aromatic carbocycles. The van der Waals surface area contributed by atoms with Crippen molar-refractivity contribution in [1.82, 2.24) is 19.3 Å². The summed E-state index contributed by atoms with van der Waals surface area (Å²) in [7, 11) is 8.31. The van der Waals surface area contributed by atoms with Gasteiger partial charge in [0.1, 0.15) is 23.1 Å². The lowest BCUT2D eigenvalue weighted by molar-refractivity contribution is 0.483. The number of aryl methyl sites for hydroxylation is 1. The van der Waals surface area contributed by atoms with Crippen LogP contribution in [0.2, 0.25) is 0 Å². The Morgan fingerprint density at radius 1 is 0.592 bits per heavy atom. The molecule has 7 aromatic rings. The van der Waals surface area contributed by atoms with E-state index in [1.165, 1.54) is 38.8 Å². The van der Waals surface area contributed by atoms with Crippen molar-refractivity contribution < 1.29 is 4.74 Å². The van der Waals surface area contributed by atoms with Gasteiger partial charge in [-0.25, -0.2) is 9.67 Å². The van der Waals surface area contributed by atoms with Crippen LogP contribution in [0.15, 0.2) is 85.1 Å². The van der Waals surface area contributed by atoms with Crippen molar-refractivity contribution in [2.24, 2.45) is 0 Å². The number of para-hydroxylation sites is 1. The molecule has 248 valence electrons. The number of aromatic nitrogens is 4. The summed E-state index contributed by atoms with van der Waals surface area (Å²) in [5, 5.41) is 7.58. The van der Waals surface area contributed by atoms with E-state index in [9.17, 15) is 0 Å². The van der Waals surface area contributed by atoms with E-state index < -0.39 is 0 Å². The average molecular weight is 649 g/mol. The minimum atomic E-state index is 0.732. The Labute approximate surface area is 289 Å². The van der Waals surface area contributed by atoms with Gasteiger partial charge in [0.15, 0.2) is 5.82 Å². The summed E-state index contributed by atoms with van der Waals surface area (Å²) >= 11 is 0. The van der Waals surface area contributed by atoms with E-state index in [0.29, 0.717) is 0 Å². The number of rotatable bonds is 7. The van der Waals surface area contributed by atoms with Gasteiger partial charge in [0.05, 0.1) is 22.3 Å². The van der Waals surface area contributed by atoms with E-state index in [1.54, 1.807) is 0 Å². The smallest absolute Gasteiger partial charge is 0.160 e. The van der Waals surface area contributed by atoms with E-state index in [2.05, 4.69) is 139 Å². The Morgan fingerprint density at radius 3 is 1.96 bits per heavy atom. The van der Waals surface area contributed by atoms with Crippen LogP contribution in [-0.2, 0) is 0 Å². The lowest BCUT2D eigenvalue weighted by Crippen LogP contribution is -2.15. The molecular weight excluding hydrogens is 605 g/mol. The highest BCUT2D eigenvalue weighted by Gasteiger charge is 2.27. The highest BCUT2D eigenvalue weighted by molar-refractivity contribution is 6.09. The number of hydrogen-bond donors (Lipinski definition) is 0. The summed E-state index contributed by atoms with van der Waals surface area (Å²) in [4.78, 5) is 9.01. The van der Waals surface area contributed by atoms with Crippen LogP contribution in [0.5, 0.6) is 11.5 Å². The molecule has 0 fully saturated rings. The lowest BCUT2D eigenvalue weighted by atomic mass is 9.86. The van der Waals surface area contributed by atoms with Crippen LogP contribution in [0.1, 0.15) is 33.4 Å². The molecule has 0 spiro atoms. The van der Waals surface area contributed by atoms with Crippen molar-refractivity contribution in [3.8, 4) is 34.1 Å². The predicted molar refractivity (Wildman–Crippen MR) is 205 cm³/mol. The van der Waals surface area contributed by atoms with Crippen LogP contribution in [0, 0.1) is 41.5 Å². The molecule has 0 aliphatic rings. The normalized spacial score (nSPS) is 11.5. The topological polar surface area (TPSA) is 51.4 Å². The van der Waals surface area contributed by atoms with E-state index in [0.717, 1.165) is 62.2 Å². The van der Waals surface area contributed by atoms with Crippen molar-refractivity contribution in [2.45, 2.75) is 41.5 Å². The van der Waals surface area contributed by atoms with Gasteiger partial charge in [-0.3, -0.25) is 4.57 Å². The van der Waals surface area contributed by atoms with E-state index in [-0.39, 0.29) is 0 Å². The van der Waals surface area contributed by atoms with E-state index >= 15 is 0 Å². The Hall–Kier alpha value is -5.56. The molecule has 0 saturated carbocycles. The maximum Gasteiger partial charge on any atom is 0.160 e. The van der Waals surface area contributed by atoms with Gasteiger partial charge in [-0.1, -0.05) is 24.3 Å². The summed E-state index contributed by atoms with van der Waals surface area (Å²) < 4.78 is 10.9. The lowest BCUT2D eigenvalue weighted by Gasteiger charge is -2.23. The van der Waals surface area contributed by atoms with Gasteiger partial charge in [-0.05, 0) is 123 Å². The zero-order valence-electron chi connectivity index (χ0n) is 30.2. The Kier molecular flexibility index (Phi) is 7.94. The molecule has 49 heavy (non-hydrogen) atoms. The summed E-state index contributed by atoms with van der Waals surface area (Å²) in [6.07, 6.45) is 1.87. The molecule has 0 aliphatic carbocycles. The molecule has 0 aliphatic heterocycles. The van der Waals surface area contributed by atoms with Gasteiger partial charge < -0.3 is 14.5 Å². The second-order valence-corrected chi connectivity index (χ2v) is 13.5. The third-order valence-electron chi connectivity index (χ3n) is 10.0. The summed E-state index contributed by atoms with van der Waals surface area (Å²) in [6, 6.07) is 27.1. The molecule has 7 heteroatoms. The standard InChI is InChI=1S/C42H44N6O/c1-25-20-21-43-38(22-25)47-36-17-12-11-16-34(36)35-19-18-33(24-37(35)47)49-32-15-13-14-31(23-32)48-42(46(9)10)40(41(44-48)45(7)8)39-29(5)27(3)26(2)28(4)30(39)6/h11-24H,1-10H3. The van der Waals surface area contributed by atoms with Gasteiger partial charge in [0.2, 0.25) is 0 Å². The first-order chi connectivity index (χ1) is 23.5. The van der Waals surface area contributed by atoms with Crippen LogP contribution in [-0.4, -0.2) is 47.5 Å². The quantitative estimate of drug-likeness (QED) is 0.172. The number of benzene rings is 4. The fourth-order valence-electron chi connectivity index (χ4n) is 7.12. The molecule has 0 radical (unpaired) electrons. The second kappa shape index (κ2) is 12.2. The fraction of sp³-hybridized carbons (Fsp3) is 0.238. The molecule has 0 N–H and O–H groups in total. The predicted octanol–water partition coefficient (Wildman–Crippen LogP) is 9.81. The summed E-state index contributed by atoms with van der Waals surface area (Å²) in [5.41, 5.74) is 13.2. The number of ether oxygens (including phenoxy) is 1. The second-order valence-electron chi connectivity index (χ2n) is 13.5. The van der Waals surface area contributed by atoms with E-state index in [1.807, 2.05) is 35.1 Å². The zero-order chi connectivity index (χ0) is 34.7. The maximum absolute atomic E-state index is 6.61. The van der Waals surface area contributed by atoms with Crippen LogP contribution >= 0.6 is 0 Å². The van der Waals surface area contributed by atoms with Crippen molar-refractivity contribution in [3.63, 3.8) is 0 Å². The minimum Gasteiger partial charge on any atom is -0.457 e. The Balaban J connectivity index is 1.35. The minimum absolute atomic E-state index is 0.732. The maximum atomic E-state index is 6.61. The first-order valence-corrected chi connectivity index (χ1v) is 16.8. The number of hydrogen-bond acceptors (Lipinski definition) is 5. The molecule has 7 rings (SSSR count). The SMILES string of the molecule is Cc1ccnc(-n2c3ccccc3c3ccc(Oc4cccc(-n5nc(N(C)C)c(-c6c(C)c(C)c(C)c(C)c6C)c5N(C)C)c4)cc32)c1. The molecule has 0 amide bonds. The Bertz CT molecular complexity index is 2360.